The van der Waals surface area contributed by atoms with Gasteiger partial charge >= 0.3 is 0 Å². The average Bonchev–Trinajstić information content (AvgIpc) is 2.65. The van der Waals surface area contributed by atoms with Crippen LogP contribution in [0.4, 0.5) is 5.82 Å². The molecular formula is C17H16N4O4S. The number of hydrogen-bond acceptors (Lipinski definition) is 9. The van der Waals surface area contributed by atoms with Crippen molar-refractivity contribution in [3.05, 3.63) is 23.3 Å². The highest BCUT2D eigenvalue weighted by molar-refractivity contribution is 7.99. The van der Waals surface area contributed by atoms with Gasteiger partial charge in [0.05, 0.1) is 26.4 Å². The number of pyridine rings is 1. The summed E-state index contributed by atoms with van der Waals surface area (Å²) in [5.41, 5.74) is 6.75. The first-order valence-electron chi connectivity index (χ1n) is 7.35. The number of phenolic OH excluding ortho intramolecular Hbond substituents is 1. The number of methoxy groups -OCH3 is 2. The molecule has 0 radical (unpaired) electrons. The molecule has 4 N–H and O–H groups in total. The van der Waals surface area contributed by atoms with E-state index in [9.17, 15) is 15.6 Å². The van der Waals surface area contributed by atoms with E-state index in [0.29, 0.717) is 16.3 Å². The third kappa shape index (κ3) is 3.45. The standard InChI is InChI=1S/C17H16N4O4S/c1-24-12-5-9(6-13(25-2)15(12)23)14-10(7-18)16(20)21-17(11(14)8-19)26-4-3-22/h5-6,22-23H,3-4H2,1-2H3,(H2,20,21). The largest absolute Gasteiger partial charge is 0.502 e. The van der Waals surface area contributed by atoms with E-state index in [0.717, 1.165) is 11.8 Å². The third-order valence-electron chi connectivity index (χ3n) is 3.51. The Kier molecular flexibility index (Phi) is 6.12. The Morgan fingerprint density at radius 3 is 2.19 bits per heavy atom. The van der Waals surface area contributed by atoms with Crippen LogP contribution in [0.2, 0.25) is 0 Å². The number of hydrogen-bond donors (Lipinski definition) is 3. The SMILES string of the molecule is COc1cc(-c2c(C#N)c(N)nc(SCCO)c2C#N)cc(OC)c1O. The van der Waals surface area contributed by atoms with Gasteiger partial charge in [0.25, 0.3) is 0 Å². The number of nitrogens with zero attached hydrogens (tertiary/aromatic N) is 3. The van der Waals surface area contributed by atoms with E-state index in [1.54, 1.807) is 0 Å². The van der Waals surface area contributed by atoms with Crippen LogP contribution in [-0.4, -0.2) is 41.8 Å². The number of aliphatic hydroxyl groups excluding tert-OH is 1. The Hall–Kier alpha value is -3.14. The van der Waals surface area contributed by atoms with Crippen LogP contribution in [-0.2, 0) is 0 Å². The molecule has 0 aliphatic carbocycles. The molecule has 0 spiro atoms. The zero-order valence-electron chi connectivity index (χ0n) is 14.1. The van der Waals surface area contributed by atoms with Crippen LogP contribution < -0.4 is 15.2 Å². The van der Waals surface area contributed by atoms with Gasteiger partial charge in [-0.1, -0.05) is 0 Å². The Labute approximate surface area is 154 Å². The molecule has 0 atom stereocenters. The number of ether oxygens (including phenoxy) is 2. The number of aliphatic hydroxyl groups is 1. The second kappa shape index (κ2) is 8.30. The summed E-state index contributed by atoms with van der Waals surface area (Å²) < 4.78 is 10.3. The summed E-state index contributed by atoms with van der Waals surface area (Å²) in [6.45, 7) is -0.104. The number of aromatic nitrogens is 1. The monoisotopic (exact) mass is 372 g/mol. The zero-order chi connectivity index (χ0) is 19.3. The molecule has 9 heteroatoms. The molecule has 0 saturated carbocycles. The molecule has 0 aliphatic rings. The summed E-state index contributed by atoms with van der Waals surface area (Å²) in [7, 11) is 2.75. The predicted molar refractivity (Wildman–Crippen MR) is 96.1 cm³/mol. The highest BCUT2D eigenvalue weighted by Gasteiger charge is 2.23. The van der Waals surface area contributed by atoms with Crippen molar-refractivity contribution in [3.63, 3.8) is 0 Å². The van der Waals surface area contributed by atoms with Crippen LogP contribution in [0.5, 0.6) is 17.2 Å². The van der Waals surface area contributed by atoms with Gasteiger partial charge < -0.3 is 25.4 Å². The van der Waals surface area contributed by atoms with Crippen molar-refractivity contribution in [2.75, 3.05) is 32.3 Å². The van der Waals surface area contributed by atoms with Crippen LogP contribution in [0.3, 0.4) is 0 Å². The number of anilines is 1. The van der Waals surface area contributed by atoms with Gasteiger partial charge in [-0.05, 0) is 17.7 Å². The molecule has 0 amide bonds. The maximum Gasteiger partial charge on any atom is 0.200 e. The first kappa shape index (κ1) is 19.2. The molecule has 0 fully saturated rings. The van der Waals surface area contributed by atoms with Gasteiger partial charge in [-0.2, -0.15) is 10.5 Å². The lowest BCUT2D eigenvalue weighted by atomic mass is 9.96. The molecule has 134 valence electrons. The highest BCUT2D eigenvalue weighted by atomic mass is 32.2. The van der Waals surface area contributed by atoms with Gasteiger partial charge in [0.1, 0.15) is 28.5 Å². The van der Waals surface area contributed by atoms with Crippen LogP contribution in [0.25, 0.3) is 11.1 Å². The smallest absolute Gasteiger partial charge is 0.200 e. The fourth-order valence-electron chi connectivity index (χ4n) is 2.37. The minimum Gasteiger partial charge on any atom is -0.502 e. The quantitative estimate of drug-likeness (QED) is 0.647. The maximum atomic E-state index is 10.1. The fraction of sp³-hybridized carbons (Fsp3) is 0.235. The molecule has 2 aromatic rings. The number of rotatable bonds is 6. The second-order valence-corrected chi connectivity index (χ2v) is 6.04. The summed E-state index contributed by atoms with van der Waals surface area (Å²) in [5.74, 6) is 0.314. The van der Waals surface area contributed by atoms with Crippen molar-refractivity contribution < 1.29 is 19.7 Å². The molecule has 1 aromatic carbocycles. The molecule has 0 unspecified atom stereocenters. The second-order valence-electron chi connectivity index (χ2n) is 4.95. The van der Waals surface area contributed by atoms with Crippen molar-refractivity contribution in [2.24, 2.45) is 0 Å². The lowest BCUT2D eigenvalue weighted by molar-refractivity contribution is 0.322. The van der Waals surface area contributed by atoms with E-state index in [1.165, 1.54) is 26.4 Å². The lowest BCUT2D eigenvalue weighted by Gasteiger charge is -2.15. The minimum atomic E-state index is -0.201. The van der Waals surface area contributed by atoms with Crippen molar-refractivity contribution in [1.82, 2.24) is 4.98 Å². The van der Waals surface area contributed by atoms with E-state index in [4.69, 9.17) is 20.3 Å². The molecule has 1 heterocycles. The third-order valence-corrected chi connectivity index (χ3v) is 4.47. The van der Waals surface area contributed by atoms with Crippen molar-refractivity contribution in [1.29, 1.82) is 10.5 Å². The van der Waals surface area contributed by atoms with E-state index in [-0.39, 0.29) is 46.4 Å². The zero-order valence-corrected chi connectivity index (χ0v) is 14.9. The highest BCUT2D eigenvalue weighted by Crippen LogP contribution is 2.43. The number of aromatic hydroxyl groups is 1. The average molecular weight is 372 g/mol. The van der Waals surface area contributed by atoms with Gasteiger partial charge in [-0.3, -0.25) is 0 Å². The molecule has 0 aliphatic heterocycles. The molecule has 8 nitrogen and oxygen atoms in total. The first-order chi connectivity index (χ1) is 12.5. The number of nitrogens with two attached hydrogens (primary N) is 1. The van der Waals surface area contributed by atoms with Crippen molar-refractivity contribution >= 4 is 17.6 Å². The maximum absolute atomic E-state index is 10.1. The number of nitriles is 2. The van der Waals surface area contributed by atoms with Gasteiger partial charge in [0.2, 0.25) is 5.75 Å². The summed E-state index contributed by atoms with van der Waals surface area (Å²) >= 11 is 1.15. The Bertz CT molecular complexity index is 893. The van der Waals surface area contributed by atoms with Gasteiger partial charge in [-0.25, -0.2) is 4.98 Å². The Morgan fingerprint density at radius 1 is 1.15 bits per heavy atom. The van der Waals surface area contributed by atoms with Gasteiger partial charge in [-0.15, -0.1) is 11.8 Å². The van der Waals surface area contributed by atoms with Crippen LogP contribution in [0.1, 0.15) is 11.1 Å². The lowest BCUT2D eigenvalue weighted by Crippen LogP contribution is -2.04. The molecule has 1 aromatic heterocycles. The topological polar surface area (TPSA) is 145 Å². The van der Waals surface area contributed by atoms with Crippen LogP contribution in [0.15, 0.2) is 17.2 Å². The summed E-state index contributed by atoms with van der Waals surface area (Å²) in [6, 6.07) is 6.98. The van der Waals surface area contributed by atoms with Crippen molar-refractivity contribution in [3.8, 4) is 40.5 Å². The van der Waals surface area contributed by atoms with E-state index >= 15 is 0 Å². The molecule has 26 heavy (non-hydrogen) atoms. The van der Waals surface area contributed by atoms with E-state index in [2.05, 4.69) is 4.98 Å². The Morgan fingerprint density at radius 2 is 1.73 bits per heavy atom. The fourth-order valence-corrected chi connectivity index (χ4v) is 3.11. The summed E-state index contributed by atoms with van der Waals surface area (Å²) in [6.07, 6.45) is 0. The number of phenols is 1. The van der Waals surface area contributed by atoms with E-state index < -0.39 is 0 Å². The van der Waals surface area contributed by atoms with Crippen LogP contribution >= 0.6 is 11.8 Å². The normalized spacial score (nSPS) is 10.0. The first-order valence-corrected chi connectivity index (χ1v) is 8.33. The van der Waals surface area contributed by atoms with Crippen LogP contribution in [0, 0.1) is 22.7 Å². The summed E-state index contributed by atoms with van der Waals surface area (Å²) in [4.78, 5) is 4.11. The molecule has 2 rings (SSSR count). The van der Waals surface area contributed by atoms with E-state index in [1.807, 2.05) is 12.1 Å². The number of benzene rings is 1. The number of thioether (sulfide) groups is 1. The molecule has 0 bridgehead atoms. The van der Waals surface area contributed by atoms with Crippen molar-refractivity contribution in [2.45, 2.75) is 5.03 Å². The molecular weight excluding hydrogens is 356 g/mol. The molecule has 0 saturated heterocycles. The van der Waals surface area contributed by atoms with Gasteiger partial charge in [0, 0.05) is 11.3 Å². The number of nitrogen functional groups attached to an aromatic ring is 1. The predicted octanol–water partition coefficient (Wildman–Crippen LogP) is 1.88. The Balaban J connectivity index is 2.86. The minimum absolute atomic E-state index is 0.0321. The summed E-state index contributed by atoms with van der Waals surface area (Å²) in [5, 5.41) is 38.6. The van der Waals surface area contributed by atoms with Gasteiger partial charge in [0.15, 0.2) is 11.5 Å².